The van der Waals surface area contributed by atoms with Crippen molar-refractivity contribution in [3.8, 4) is 0 Å². The molecular formula is C11H15BrN4O2. The number of hydrogen-bond acceptors (Lipinski definition) is 5. The maximum atomic E-state index is 11.5. The molecule has 1 saturated heterocycles. The predicted molar refractivity (Wildman–Crippen MR) is 70.2 cm³/mol. The second kappa shape index (κ2) is 5.62. The summed E-state index contributed by atoms with van der Waals surface area (Å²) >= 11 is 3.30. The molecule has 1 aliphatic rings. The van der Waals surface area contributed by atoms with E-state index in [1.54, 1.807) is 17.3 Å². The van der Waals surface area contributed by atoms with Crippen LogP contribution in [0.3, 0.4) is 0 Å². The summed E-state index contributed by atoms with van der Waals surface area (Å²) in [6.45, 7) is 3.46. The number of carbonyl (C=O) groups is 1. The van der Waals surface area contributed by atoms with Gasteiger partial charge in [-0.15, -0.1) is 0 Å². The fourth-order valence-electron chi connectivity index (χ4n) is 2.07. The maximum Gasteiger partial charge on any atom is 0.248 e. The molecule has 0 saturated carbocycles. The van der Waals surface area contributed by atoms with Crippen molar-refractivity contribution in [3.05, 3.63) is 16.9 Å². The summed E-state index contributed by atoms with van der Waals surface area (Å²) in [4.78, 5) is 23.7. The molecule has 18 heavy (non-hydrogen) atoms. The molecule has 0 spiro atoms. The molecule has 0 aromatic carbocycles. The number of aliphatic hydroxyl groups excluding tert-OH is 1. The number of rotatable bonds is 2. The van der Waals surface area contributed by atoms with Crippen LogP contribution in [0.5, 0.6) is 0 Å². The molecule has 0 radical (unpaired) electrons. The molecular weight excluding hydrogens is 300 g/mol. The lowest BCUT2D eigenvalue weighted by molar-refractivity contribution is -0.136. The largest absolute Gasteiger partial charge is 0.387 e. The van der Waals surface area contributed by atoms with Crippen LogP contribution in [-0.2, 0) is 4.79 Å². The number of halogens is 1. The summed E-state index contributed by atoms with van der Waals surface area (Å²) < 4.78 is 0.841. The first kappa shape index (κ1) is 13.2. The van der Waals surface area contributed by atoms with Gasteiger partial charge in [0.15, 0.2) is 0 Å². The lowest BCUT2D eigenvalue weighted by Crippen LogP contribution is -2.55. The third-order valence-corrected chi connectivity index (χ3v) is 3.38. The molecule has 0 bridgehead atoms. The van der Waals surface area contributed by atoms with Crippen LogP contribution in [0.15, 0.2) is 16.9 Å². The van der Waals surface area contributed by atoms with Crippen molar-refractivity contribution in [3.63, 3.8) is 0 Å². The highest BCUT2D eigenvalue weighted by molar-refractivity contribution is 9.10. The average molecular weight is 315 g/mol. The van der Waals surface area contributed by atoms with Crippen LogP contribution in [0.4, 0.5) is 5.95 Å². The van der Waals surface area contributed by atoms with Crippen LogP contribution in [0.2, 0.25) is 0 Å². The molecule has 1 aliphatic heterocycles. The molecule has 0 aliphatic carbocycles. The number of carbonyl (C=O) groups excluding carboxylic acids is 1. The molecule has 1 N–H and O–H groups in total. The molecule has 98 valence electrons. The van der Waals surface area contributed by atoms with Crippen LogP contribution < -0.4 is 4.90 Å². The van der Waals surface area contributed by atoms with Crippen LogP contribution in [0.1, 0.15) is 6.92 Å². The van der Waals surface area contributed by atoms with E-state index in [1.807, 2.05) is 11.8 Å². The molecule has 1 atom stereocenters. The summed E-state index contributed by atoms with van der Waals surface area (Å²) in [5.41, 5.74) is 0. The van der Waals surface area contributed by atoms with E-state index in [4.69, 9.17) is 5.11 Å². The van der Waals surface area contributed by atoms with E-state index in [0.29, 0.717) is 25.6 Å². The number of piperazine rings is 1. The SMILES string of the molecule is C[C@@H]1CN(c2ncc(Br)cn2)CCN1C(=O)CO. The van der Waals surface area contributed by atoms with Crippen molar-refractivity contribution in [2.45, 2.75) is 13.0 Å². The van der Waals surface area contributed by atoms with Gasteiger partial charge < -0.3 is 14.9 Å². The van der Waals surface area contributed by atoms with Crippen LogP contribution >= 0.6 is 15.9 Å². The highest BCUT2D eigenvalue weighted by Gasteiger charge is 2.27. The van der Waals surface area contributed by atoms with E-state index in [9.17, 15) is 4.79 Å². The molecule has 2 rings (SSSR count). The Morgan fingerprint density at radius 2 is 2.17 bits per heavy atom. The van der Waals surface area contributed by atoms with Crippen LogP contribution in [0, 0.1) is 0 Å². The molecule has 2 heterocycles. The second-order valence-electron chi connectivity index (χ2n) is 4.24. The van der Waals surface area contributed by atoms with Crippen molar-refractivity contribution in [2.24, 2.45) is 0 Å². The summed E-state index contributed by atoms with van der Waals surface area (Å²) in [6.07, 6.45) is 3.41. The first-order valence-corrected chi connectivity index (χ1v) is 6.54. The minimum Gasteiger partial charge on any atom is -0.387 e. The maximum absolute atomic E-state index is 11.5. The van der Waals surface area contributed by atoms with E-state index in [2.05, 4.69) is 25.9 Å². The van der Waals surface area contributed by atoms with E-state index in [1.165, 1.54) is 0 Å². The van der Waals surface area contributed by atoms with Gasteiger partial charge in [-0.25, -0.2) is 9.97 Å². The Morgan fingerprint density at radius 3 is 2.72 bits per heavy atom. The molecule has 1 amide bonds. The smallest absolute Gasteiger partial charge is 0.248 e. The Bertz CT molecular complexity index is 426. The number of anilines is 1. The van der Waals surface area contributed by atoms with Gasteiger partial charge in [-0.2, -0.15) is 0 Å². The average Bonchev–Trinajstić information content (AvgIpc) is 2.38. The van der Waals surface area contributed by atoms with Gasteiger partial charge in [0.05, 0.1) is 4.47 Å². The minimum atomic E-state index is -0.431. The monoisotopic (exact) mass is 314 g/mol. The Labute approximate surface area is 114 Å². The molecule has 0 unspecified atom stereocenters. The lowest BCUT2D eigenvalue weighted by Gasteiger charge is -2.39. The first-order valence-electron chi connectivity index (χ1n) is 5.74. The van der Waals surface area contributed by atoms with Crippen molar-refractivity contribution in [1.29, 1.82) is 0 Å². The fourth-order valence-corrected chi connectivity index (χ4v) is 2.27. The zero-order valence-electron chi connectivity index (χ0n) is 10.1. The van der Waals surface area contributed by atoms with E-state index < -0.39 is 6.61 Å². The topological polar surface area (TPSA) is 69.6 Å². The highest BCUT2D eigenvalue weighted by atomic mass is 79.9. The Kier molecular flexibility index (Phi) is 4.13. The van der Waals surface area contributed by atoms with Gasteiger partial charge >= 0.3 is 0 Å². The third-order valence-electron chi connectivity index (χ3n) is 2.97. The van der Waals surface area contributed by atoms with E-state index >= 15 is 0 Å². The standard InChI is InChI=1S/C11H15BrN4O2/c1-8-6-15(2-3-16(8)10(18)7-17)11-13-4-9(12)5-14-11/h4-5,8,17H,2-3,6-7H2,1H3/t8-/m1/s1. The van der Waals surface area contributed by atoms with Crippen LogP contribution in [0.25, 0.3) is 0 Å². The van der Waals surface area contributed by atoms with Crippen LogP contribution in [-0.4, -0.2) is 58.2 Å². The molecule has 7 heteroatoms. The van der Waals surface area contributed by atoms with Gasteiger partial charge in [-0.1, -0.05) is 0 Å². The molecule has 1 fully saturated rings. The summed E-state index contributed by atoms with van der Waals surface area (Å²) in [6, 6.07) is 0.0469. The van der Waals surface area contributed by atoms with Gasteiger partial charge in [0.2, 0.25) is 11.9 Å². The minimum absolute atomic E-state index is 0.0469. The number of amides is 1. The summed E-state index contributed by atoms with van der Waals surface area (Å²) in [5, 5.41) is 8.88. The van der Waals surface area contributed by atoms with E-state index in [-0.39, 0.29) is 11.9 Å². The lowest BCUT2D eigenvalue weighted by atomic mass is 10.2. The highest BCUT2D eigenvalue weighted by Crippen LogP contribution is 2.16. The quantitative estimate of drug-likeness (QED) is 0.848. The Balaban J connectivity index is 2.04. The zero-order chi connectivity index (χ0) is 13.1. The molecule has 6 nitrogen and oxygen atoms in total. The van der Waals surface area contributed by atoms with Crippen molar-refractivity contribution in [1.82, 2.24) is 14.9 Å². The zero-order valence-corrected chi connectivity index (χ0v) is 11.7. The number of hydrogen-bond donors (Lipinski definition) is 1. The third kappa shape index (κ3) is 2.78. The van der Waals surface area contributed by atoms with Crippen molar-refractivity contribution < 1.29 is 9.90 Å². The second-order valence-corrected chi connectivity index (χ2v) is 5.16. The number of nitrogens with zero attached hydrogens (tertiary/aromatic N) is 4. The van der Waals surface area contributed by atoms with Gasteiger partial charge in [-0.05, 0) is 22.9 Å². The van der Waals surface area contributed by atoms with Crippen molar-refractivity contribution >= 4 is 27.8 Å². The molecule has 1 aromatic heterocycles. The molecule has 1 aromatic rings. The Hall–Kier alpha value is -1.21. The predicted octanol–water partition coefficient (Wildman–Crippen LogP) is 0.269. The number of aliphatic hydroxyl groups is 1. The normalized spacial score (nSPS) is 20.1. The summed E-state index contributed by atoms with van der Waals surface area (Å²) in [5.74, 6) is 0.444. The fraction of sp³-hybridized carbons (Fsp3) is 0.545. The summed E-state index contributed by atoms with van der Waals surface area (Å²) in [7, 11) is 0. The van der Waals surface area contributed by atoms with Gasteiger partial charge in [-0.3, -0.25) is 4.79 Å². The van der Waals surface area contributed by atoms with E-state index in [0.717, 1.165) is 4.47 Å². The first-order chi connectivity index (χ1) is 8.61. The van der Waals surface area contributed by atoms with Crippen molar-refractivity contribution in [2.75, 3.05) is 31.1 Å². The van der Waals surface area contributed by atoms with Gasteiger partial charge in [0.1, 0.15) is 6.61 Å². The number of aromatic nitrogens is 2. The Morgan fingerprint density at radius 1 is 1.50 bits per heavy atom. The van der Waals surface area contributed by atoms with Gasteiger partial charge in [0, 0.05) is 38.1 Å². The van der Waals surface area contributed by atoms with Gasteiger partial charge in [0.25, 0.3) is 0 Å².